The molecule has 0 aliphatic rings. The molecular formula is C47H65N15O9. The highest BCUT2D eigenvalue weighted by atomic mass is 16.3. The van der Waals surface area contributed by atoms with E-state index in [0.717, 1.165) is 10.9 Å². The van der Waals surface area contributed by atoms with Crippen LogP contribution in [0.3, 0.4) is 0 Å². The Kier molecular flexibility index (Phi) is 21.4. The Morgan fingerprint density at radius 3 is 1.39 bits per heavy atom. The lowest BCUT2D eigenvalue weighted by atomic mass is 10.0. The minimum absolute atomic E-state index is 0.0208. The van der Waals surface area contributed by atoms with Crippen LogP contribution in [0.4, 0.5) is 0 Å². The van der Waals surface area contributed by atoms with E-state index < -0.39 is 77.6 Å². The smallest absolute Gasteiger partial charge is 0.243 e. The highest BCUT2D eigenvalue weighted by Crippen LogP contribution is 2.20. The Hall–Kier alpha value is -8.41. The van der Waals surface area contributed by atoms with Gasteiger partial charge in [0.05, 0.1) is 0 Å². The molecule has 1 aromatic heterocycles. The van der Waals surface area contributed by atoms with Crippen molar-refractivity contribution < 1.29 is 43.8 Å². The molecule has 0 saturated heterocycles. The summed E-state index contributed by atoms with van der Waals surface area (Å²) in [5, 5.41) is 36.7. The maximum atomic E-state index is 14.6. The Morgan fingerprint density at radius 1 is 0.535 bits per heavy atom. The van der Waals surface area contributed by atoms with Crippen LogP contribution in [-0.4, -0.2) is 124 Å². The van der Waals surface area contributed by atoms with Crippen molar-refractivity contribution in [3.8, 4) is 11.5 Å². The number of carbonyl (C=O) groups excluding carboxylic acids is 7. The summed E-state index contributed by atoms with van der Waals surface area (Å²) in [6.07, 6.45) is 1.69. The molecule has 1 heterocycles. The van der Waals surface area contributed by atoms with E-state index in [-0.39, 0.29) is 94.4 Å². The molecule has 382 valence electrons. The second-order valence-corrected chi connectivity index (χ2v) is 16.7. The summed E-state index contributed by atoms with van der Waals surface area (Å²) in [5.74, 6) is -5.91. The van der Waals surface area contributed by atoms with Crippen LogP contribution >= 0.6 is 0 Å². The van der Waals surface area contributed by atoms with E-state index in [1.165, 1.54) is 55.5 Å². The third-order valence-corrected chi connectivity index (χ3v) is 11.1. The van der Waals surface area contributed by atoms with E-state index in [1.807, 2.05) is 18.2 Å². The van der Waals surface area contributed by atoms with E-state index >= 15 is 0 Å². The predicted octanol–water partition coefficient (Wildman–Crippen LogP) is -2.52. The summed E-state index contributed by atoms with van der Waals surface area (Å²) < 4.78 is 0. The number of hydrogen-bond acceptors (Lipinski definition) is 12. The van der Waals surface area contributed by atoms with Crippen molar-refractivity contribution in [3.05, 3.63) is 95.7 Å². The molecule has 0 unspecified atom stereocenters. The number of guanidine groups is 2. The molecule has 3 aromatic carbocycles. The molecule has 71 heavy (non-hydrogen) atoms. The minimum Gasteiger partial charge on any atom is -0.508 e. The molecule has 21 N–H and O–H groups in total. The summed E-state index contributed by atoms with van der Waals surface area (Å²) in [7, 11) is 0. The number of H-pyrrole nitrogens is 1. The fourth-order valence-corrected chi connectivity index (χ4v) is 7.49. The van der Waals surface area contributed by atoms with Crippen LogP contribution in [-0.2, 0) is 52.8 Å². The van der Waals surface area contributed by atoms with Crippen LogP contribution in [0, 0.1) is 0 Å². The lowest BCUT2D eigenvalue weighted by Crippen LogP contribution is -2.60. The second kappa shape index (κ2) is 27.6. The van der Waals surface area contributed by atoms with Crippen LogP contribution in [0.25, 0.3) is 10.9 Å². The van der Waals surface area contributed by atoms with Crippen molar-refractivity contribution >= 4 is 64.2 Å². The number of nitrogens with one attached hydrogen (secondary N) is 7. The maximum absolute atomic E-state index is 14.6. The zero-order valence-electron chi connectivity index (χ0n) is 39.4. The van der Waals surface area contributed by atoms with Crippen molar-refractivity contribution in [2.45, 2.75) is 94.5 Å². The van der Waals surface area contributed by atoms with Gasteiger partial charge >= 0.3 is 0 Å². The highest BCUT2D eigenvalue weighted by Gasteiger charge is 2.34. The number of fused-ring (bicyclic) bond motifs is 1. The first-order valence-electron chi connectivity index (χ1n) is 22.8. The number of aromatic amines is 1. The average molecular weight is 984 g/mol. The Balaban J connectivity index is 1.70. The second-order valence-electron chi connectivity index (χ2n) is 16.7. The lowest BCUT2D eigenvalue weighted by molar-refractivity contribution is -0.135. The van der Waals surface area contributed by atoms with Gasteiger partial charge in [0.15, 0.2) is 11.9 Å². The minimum atomic E-state index is -1.45. The summed E-state index contributed by atoms with van der Waals surface area (Å²) in [6.45, 7) is 1.43. The quantitative estimate of drug-likeness (QED) is 0.0159. The number of phenols is 2. The van der Waals surface area contributed by atoms with Crippen LogP contribution in [0.2, 0.25) is 0 Å². The van der Waals surface area contributed by atoms with Gasteiger partial charge in [-0.3, -0.25) is 43.5 Å². The van der Waals surface area contributed by atoms with Crippen molar-refractivity contribution in [1.82, 2.24) is 36.9 Å². The maximum Gasteiger partial charge on any atom is 0.243 e. The number of amides is 7. The number of aliphatic imine (C=N–C) groups is 2. The molecule has 4 aromatic rings. The molecule has 4 rings (SSSR count). The summed E-state index contributed by atoms with van der Waals surface area (Å²) in [6, 6.07) is 11.1. The normalized spacial score (nSPS) is 13.4. The van der Waals surface area contributed by atoms with E-state index in [2.05, 4.69) is 46.9 Å². The monoisotopic (exact) mass is 984 g/mol. The molecule has 0 fully saturated rings. The summed E-state index contributed by atoms with van der Waals surface area (Å²) in [5.41, 5.74) is 35.8. The van der Waals surface area contributed by atoms with Crippen LogP contribution in [0.15, 0.2) is 89.0 Å². The summed E-state index contributed by atoms with van der Waals surface area (Å²) >= 11 is 0. The first-order chi connectivity index (χ1) is 33.8. The number of phenolic OH excluding ortho intramolecular Hbond substituents is 2. The van der Waals surface area contributed by atoms with E-state index in [1.54, 1.807) is 12.3 Å². The van der Waals surface area contributed by atoms with Gasteiger partial charge in [0.1, 0.15) is 47.8 Å². The predicted molar refractivity (Wildman–Crippen MR) is 266 cm³/mol. The molecule has 0 aliphatic carbocycles. The molecule has 24 nitrogen and oxygen atoms in total. The van der Waals surface area contributed by atoms with E-state index in [4.69, 9.17) is 34.4 Å². The molecular weight excluding hydrogens is 919 g/mol. The van der Waals surface area contributed by atoms with Crippen molar-refractivity contribution in [3.63, 3.8) is 0 Å². The Labute approximate surface area is 409 Å². The van der Waals surface area contributed by atoms with Gasteiger partial charge in [-0.2, -0.15) is 0 Å². The number of benzene rings is 3. The Morgan fingerprint density at radius 2 is 0.944 bits per heavy atom. The number of aromatic hydroxyl groups is 2. The number of rotatable bonds is 28. The topological polar surface area (TPSA) is 429 Å². The standard InChI is InChI=1S/C47H65N15O9/c1-26(63)57-36(18-19-48)42(68)60-38(23-28-12-16-31(65)17-13-28)44(70)61-37(22-27-10-14-30(64)15-11-27)43(69)59-35(9-5-21-55-47(52)53)41(67)62-39(24-29-25-56-33-7-3-2-6-32(29)33)45(71)58-34(40(49)66)8-4-20-54-46(50)51/h2-3,6-7,10-17,25,34-39,56,64-65H,4-5,8-9,18-24,48H2,1H3,(H2,49,66)(H,57,63)(H,58,71)(H,59,69)(H,60,68)(H,61,70)(H,62,67)(H4,50,51,54)(H4,52,53,55)/t34-,35-,36-,37-,38-,39-/m0/s1. The van der Waals surface area contributed by atoms with Gasteiger partial charge in [-0.1, -0.05) is 42.5 Å². The van der Waals surface area contributed by atoms with Crippen LogP contribution in [0.1, 0.15) is 55.7 Å². The fourth-order valence-electron chi connectivity index (χ4n) is 7.49. The SMILES string of the molecule is CC(=O)N[C@@H](CCN)C(=O)N[C@@H](Cc1ccc(O)cc1)C(=O)N[C@@H](Cc1ccc(O)cc1)C(=O)N[C@@H](CCCN=C(N)N)C(=O)N[C@@H](Cc1c[nH]c2ccccc12)C(=O)N[C@@H](CCCN=C(N)N)C(N)=O. The molecule has 24 heteroatoms. The number of nitrogens with zero attached hydrogens (tertiary/aromatic N) is 2. The molecule has 0 spiro atoms. The average Bonchev–Trinajstić information content (AvgIpc) is 3.73. The molecule has 7 amide bonds. The molecule has 0 radical (unpaired) electrons. The highest BCUT2D eigenvalue weighted by molar-refractivity contribution is 5.97. The third kappa shape index (κ3) is 18.5. The van der Waals surface area contributed by atoms with Gasteiger partial charge in [-0.25, -0.2) is 0 Å². The molecule has 6 atom stereocenters. The van der Waals surface area contributed by atoms with Crippen molar-refractivity contribution in [2.24, 2.45) is 44.4 Å². The molecule has 0 bridgehead atoms. The first-order valence-corrected chi connectivity index (χ1v) is 22.8. The van der Waals surface area contributed by atoms with Gasteiger partial charge < -0.3 is 81.5 Å². The van der Waals surface area contributed by atoms with E-state index in [9.17, 15) is 43.8 Å². The Bertz CT molecular complexity index is 2510. The van der Waals surface area contributed by atoms with E-state index in [0.29, 0.717) is 16.7 Å². The number of primary amides is 1. The lowest BCUT2D eigenvalue weighted by Gasteiger charge is -2.28. The number of aromatic nitrogens is 1. The largest absolute Gasteiger partial charge is 0.508 e. The third-order valence-electron chi connectivity index (χ3n) is 11.1. The number of para-hydroxylation sites is 1. The van der Waals surface area contributed by atoms with Crippen LogP contribution in [0.5, 0.6) is 11.5 Å². The van der Waals surface area contributed by atoms with Gasteiger partial charge in [0.2, 0.25) is 41.4 Å². The number of carbonyl (C=O) groups is 7. The summed E-state index contributed by atoms with van der Waals surface area (Å²) in [4.78, 5) is 107. The molecule has 0 aliphatic heterocycles. The fraction of sp³-hybridized carbons (Fsp3) is 0.383. The van der Waals surface area contributed by atoms with Crippen LogP contribution < -0.4 is 66.3 Å². The zero-order chi connectivity index (χ0) is 52.0. The van der Waals surface area contributed by atoms with Gasteiger partial charge in [0, 0.05) is 56.4 Å². The van der Waals surface area contributed by atoms with Gasteiger partial charge in [0.25, 0.3) is 0 Å². The number of nitrogens with two attached hydrogens (primary N) is 6. The van der Waals surface area contributed by atoms with Gasteiger partial charge in [-0.15, -0.1) is 0 Å². The molecule has 0 saturated carbocycles. The van der Waals surface area contributed by atoms with Gasteiger partial charge in [-0.05, 0) is 85.7 Å². The van der Waals surface area contributed by atoms with Crippen molar-refractivity contribution in [2.75, 3.05) is 19.6 Å². The zero-order valence-corrected chi connectivity index (χ0v) is 39.4. The van der Waals surface area contributed by atoms with Crippen molar-refractivity contribution in [1.29, 1.82) is 0 Å². The first kappa shape index (κ1) is 55.2. The number of hydrogen-bond donors (Lipinski definition) is 15.